The summed E-state index contributed by atoms with van der Waals surface area (Å²) in [5.41, 5.74) is 1.87. The Morgan fingerprint density at radius 1 is 1.39 bits per heavy atom. The van der Waals surface area contributed by atoms with Gasteiger partial charge >= 0.3 is 6.09 Å². The van der Waals surface area contributed by atoms with Crippen molar-refractivity contribution in [3.63, 3.8) is 0 Å². The molecule has 0 atom stereocenters. The number of amides is 1. The number of benzene rings is 1. The van der Waals surface area contributed by atoms with Gasteiger partial charge in [-0.15, -0.1) is 4.83 Å². The minimum atomic E-state index is -4.01. The Kier molecular flexibility index (Phi) is 5.21. The second-order valence-electron chi connectivity index (χ2n) is 3.03. The summed E-state index contributed by atoms with van der Waals surface area (Å²) in [6, 6.07) is 3.95. The van der Waals surface area contributed by atoms with Gasteiger partial charge in [-0.3, -0.25) is 0 Å². The van der Waals surface area contributed by atoms with Crippen molar-refractivity contribution < 1.29 is 17.9 Å². The Morgan fingerprint density at radius 2 is 2.06 bits per heavy atom. The van der Waals surface area contributed by atoms with Gasteiger partial charge in [0.1, 0.15) is 4.90 Å². The quantitative estimate of drug-likeness (QED) is 0.832. The standard InChI is InChI=1S/C9H10Cl2N2O4S/c1-2-17-9(14)12-13-18(15,16)8-5-6(10)3-4-7(8)11/h3-5,13H,2H2,1H3,(H,12,14). The minimum Gasteiger partial charge on any atom is -0.449 e. The Morgan fingerprint density at radius 3 is 2.67 bits per heavy atom. The molecule has 9 heteroatoms. The zero-order valence-electron chi connectivity index (χ0n) is 9.24. The van der Waals surface area contributed by atoms with Gasteiger partial charge in [-0.05, 0) is 25.1 Å². The van der Waals surface area contributed by atoms with Crippen LogP contribution in [0.1, 0.15) is 6.92 Å². The molecule has 0 aliphatic rings. The van der Waals surface area contributed by atoms with Crippen molar-refractivity contribution in [2.45, 2.75) is 11.8 Å². The Balaban J connectivity index is 2.87. The van der Waals surface area contributed by atoms with Crippen LogP contribution in [0.25, 0.3) is 0 Å². The predicted octanol–water partition coefficient (Wildman–Crippen LogP) is 1.93. The highest BCUT2D eigenvalue weighted by Gasteiger charge is 2.19. The van der Waals surface area contributed by atoms with Gasteiger partial charge in [0.2, 0.25) is 0 Å². The summed E-state index contributed by atoms with van der Waals surface area (Å²) >= 11 is 11.4. The van der Waals surface area contributed by atoms with Crippen molar-refractivity contribution in [1.82, 2.24) is 10.3 Å². The average Bonchev–Trinajstić information content (AvgIpc) is 2.30. The SMILES string of the molecule is CCOC(=O)NNS(=O)(=O)c1cc(Cl)ccc1Cl. The van der Waals surface area contributed by atoms with E-state index in [2.05, 4.69) is 4.74 Å². The van der Waals surface area contributed by atoms with Gasteiger partial charge < -0.3 is 4.74 Å². The van der Waals surface area contributed by atoms with E-state index in [-0.39, 0.29) is 21.5 Å². The lowest BCUT2D eigenvalue weighted by Crippen LogP contribution is -2.41. The first-order valence-corrected chi connectivity index (χ1v) is 7.00. The number of halogens is 2. The maximum Gasteiger partial charge on any atom is 0.422 e. The van der Waals surface area contributed by atoms with Crippen LogP contribution < -0.4 is 10.3 Å². The molecule has 1 amide bonds. The fourth-order valence-electron chi connectivity index (χ4n) is 1.01. The second kappa shape index (κ2) is 6.24. The molecule has 0 bridgehead atoms. The molecule has 0 heterocycles. The highest BCUT2D eigenvalue weighted by Crippen LogP contribution is 2.24. The van der Waals surface area contributed by atoms with Crippen molar-refractivity contribution in [1.29, 1.82) is 0 Å². The minimum absolute atomic E-state index is 0.0161. The highest BCUT2D eigenvalue weighted by molar-refractivity contribution is 7.89. The van der Waals surface area contributed by atoms with Crippen LogP contribution in [-0.4, -0.2) is 21.1 Å². The summed E-state index contributed by atoms with van der Waals surface area (Å²) in [6.07, 6.45) is -0.917. The van der Waals surface area contributed by atoms with Crippen LogP contribution in [0, 0.1) is 0 Å². The molecule has 0 fully saturated rings. The molecular weight excluding hydrogens is 303 g/mol. The van der Waals surface area contributed by atoms with Crippen LogP contribution in [0.4, 0.5) is 4.79 Å². The summed E-state index contributed by atoms with van der Waals surface area (Å²) < 4.78 is 28.1. The van der Waals surface area contributed by atoms with Crippen LogP contribution in [0.5, 0.6) is 0 Å². The van der Waals surface area contributed by atoms with E-state index in [0.29, 0.717) is 0 Å². The summed E-state index contributed by atoms with van der Waals surface area (Å²) in [7, 11) is -4.01. The molecule has 0 spiro atoms. The third kappa shape index (κ3) is 4.02. The van der Waals surface area contributed by atoms with Crippen LogP contribution in [0.15, 0.2) is 23.1 Å². The van der Waals surface area contributed by atoms with Crippen LogP contribution >= 0.6 is 23.2 Å². The van der Waals surface area contributed by atoms with Crippen LogP contribution in [0.2, 0.25) is 10.0 Å². The molecule has 0 saturated carbocycles. The number of nitrogens with one attached hydrogen (secondary N) is 2. The van der Waals surface area contributed by atoms with E-state index in [9.17, 15) is 13.2 Å². The van der Waals surface area contributed by atoms with Gasteiger partial charge in [0, 0.05) is 5.02 Å². The molecule has 100 valence electrons. The number of carbonyl (C=O) groups excluding carboxylic acids is 1. The van der Waals surface area contributed by atoms with Crippen molar-refractivity contribution in [2.75, 3.05) is 6.61 Å². The molecule has 0 unspecified atom stereocenters. The summed E-state index contributed by atoms with van der Waals surface area (Å²) in [5.74, 6) is 0. The van der Waals surface area contributed by atoms with Crippen LogP contribution in [0.3, 0.4) is 0 Å². The number of ether oxygens (including phenoxy) is 1. The maximum absolute atomic E-state index is 11.8. The zero-order valence-corrected chi connectivity index (χ0v) is 11.6. The lowest BCUT2D eigenvalue weighted by atomic mass is 10.4. The van der Waals surface area contributed by atoms with Gasteiger partial charge in [0.15, 0.2) is 0 Å². The number of hydrogen-bond donors (Lipinski definition) is 2. The van der Waals surface area contributed by atoms with E-state index in [1.165, 1.54) is 18.2 Å². The highest BCUT2D eigenvalue weighted by atomic mass is 35.5. The fraction of sp³-hybridized carbons (Fsp3) is 0.222. The van der Waals surface area contributed by atoms with Crippen LogP contribution in [-0.2, 0) is 14.8 Å². The first-order chi connectivity index (χ1) is 8.36. The molecule has 0 radical (unpaired) electrons. The molecule has 1 rings (SSSR count). The van der Waals surface area contributed by atoms with E-state index < -0.39 is 16.1 Å². The molecule has 1 aromatic rings. The largest absolute Gasteiger partial charge is 0.449 e. The molecule has 0 aromatic heterocycles. The monoisotopic (exact) mass is 312 g/mol. The predicted molar refractivity (Wildman–Crippen MR) is 66.9 cm³/mol. The number of hydrazine groups is 1. The summed E-state index contributed by atoms with van der Waals surface area (Å²) in [4.78, 5) is 12.5. The van der Waals surface area contributed by atoms with E-state index in [0.717, 1.165) is 0 Å². The summed E-state index contributed by atoms with van der Waals surface area (Å²) in [6.45, 7) is 1.70. The first kappa shape index (κ1) is 15.0. The van der Waals surface area contributed by atoms with Gasteiger partial charge in [-0.25, -0.2) is 18.6 Å². The average molecular weight is 313 g/mol. The number of sulfonamides is 1. The third-order valence-corrected chi connectivity index (χ3v) is 3.71. The Labute approximate surface area is 114 Å². The zero-order chi connectivity index (χ0) is 13.8. The molecule has 2 N–H and O–H groups in total. The molecule has 0 aliphatic carbocycles. The van der Waals surface area contributed by atoms with E-state index in [4.69, 9.17) is 23.2 Å². The number of carbonyl (C=O) groups is 1. The molecular formula is C9H10Cl2N2O4S. The van der Waals surface area contributed by atoms with E-state index >= 15 is 0 Å². The normalized spacial score (nSPS) is 11.1. The molecule has 1 aromatic carbocycles. The second-order valence-corrected chi connectivity index (χ2v) is 5.52. The molecule has 6 nitrogen and oxygen atoms in total. The van der Waals surface area contributed by atoms with E-state index in [1.54, 1.807) is 6.92 Å². The molecule has 0 aliphatic heterocycles. The fourth-order valence-corrected chi connectivity index (χ4v) is 2.61. The first-order valence-electron chi connectivity index (χ1n) is 4.76. The smallest absolute Gasteiger partial charge is 0.422 e. The van der Waals surface area contributed by atoms with Crippen molar-refractivity contribution in [3.05, 3.63) is 28.2 Å². The third-order valence-electron chi connectivity index (χ3n) is 1.75. The molecule has 0 saturated heterocycles. The van der Waals surface area contributed by atoms with Crippen molar-refractivity contribution >= 4 is 39.3 Å². The van der Waals surface area contributed by atoms with E-state index in [1.807, 2.05) is 10.3 Å². The lowest BCUT2D eigenvalue weighted by molar-refractivity contribution is 0.150. The van der Waals surface area contributed by atoms with Gasteiger partial charge in [0.25, 0.3) is 10.0 Å². The van der Waals surface area contributed by atoms with Crippen molar-refractivity contribution in [3.8, 4) is 0 Å². The lowest BCUT2D eigenvalue weighted by Gasteiger charge is -2.09. The van der Waals surface area contributed by atoms with Gasteiger partial charge in [-0.2, -0.15) is 0 Å². The molecule has 18 heavy (non-hydrogen) atoms. The number of rotatable bonds is 4. The number of hydrogen-bond acceptors (Lipinski definition) is 4. The maximum atomic E-state index is 11.8. The van der Waals surface area contributed by atoms with Gasteiger partial charge in [-0.1, -0.05) is 23.2 Å². The van der Waals surface area contributed by atoms with Crippen molar-refractivity contribution in [2.24, 2.45) is 0 Å². The summed E-state index contributed by atoms with van der Waals surface area (Å²) in [5, 5.41) is 0.188. The van der Waals surface area contributed by atoms with Gasteiger partial charge in [0.05, 0.1) is 11.6 Å². The Hall–Kier alpha value is -1.02. The topological polar surface area (TPSA) is 84.5 Å². The Bertz CT molecular complexity index is 547.